The van der Waals surface area contributed by atoms with Crippen LogP contribution in [0, 0.1) is 5.92 Å². The molecule has 0 bridgehead atoms. The fourth-order valence-electron chi connectivity index (χ4n) is 3.35. The molecule has 1 aliphatic carbocycles. The third kappa shape index (κ3) is 5.74. The molecule has 4 heteroatoms. The average molecular weight is 344 g/mol. The summed E-state index contributed by atoms with van der Waals surface area (Å²) in [6, 6.07) is 8.79. The molecule has 1 aliphatic heterocycles. The van der Waals surface area contributed by atoms with Crippen LogP contribution in [0.4, 0.5) is 0 Å². The zero-order valence-electron chi connectivity index (χ0n) is 15.7. The predicted octanol–water partition coefficient (Wildman–Crippen LogP) is 3.57. The second-order valence-electron chi connectivity index (χ2n) is 7.83. The summed E-state index contributed by atoms with van der Waals surface area (Å²) in [7, 11) is 0. The SMILES string of the molecule is CC(C)c1ccc(OCCC(=O)N2CCC(NCC3CC3)CC2)cc1. The minimum absolute atomic E-state index is 0.222. The quantitative estimate of drug-likeness (QED) is 0.784. The molecule has 0 spiro atoms. The van der Waals surface area contributed by atoms with E-state index in [0.29, 0.717) is 25.0 Å². The Bertz CT molecular complexity index is 544. The van der Waals surface area contributed by atoms with Gasteiger partial charge in [0, 0.05) is 19.1 Å². The number of benzene rings is 1. The molecule has 1 N–H and O–H groups in total. The van der Waals surface area contributed by atoms with E-state index in [-0.39, 0.29) is 5.91 Å². The molecule has 1 aromatic carbocycles. The van der Waals surface area contributed by atoms with E-state index >= 15 is 0 Å². The van der Waals surface area contributed by atoms with E-state index in [1.807, 2.05) is 17.0 Å². The smallest absolute Gasteiger partial charge is 0.225 e. The van der Waals surface area contributed by atoms with Crippen LogP contribution in [0.2, 0.25) is 0 Å². The number of nitrogens with one attached hydrogen (secondary N) is 1. The van der Waals surface area contributed by atoms with Crippen molar-refractivity contribution >= 4 is 5.91 Å². The van der Waals surface area contributed by atoms with Gasteiger partial charge in [-0.1, -0.05) is 26.0 Å². The first-order valence-electron chi connectivity index (χ1n) is 9.85. The first kappa shape index (κ1) is 18.2. The summed E-state index contributed by atoms with van der Waals surface area (Å²) in [5.41, 5.74) is 1.31. The summed E-state index contributed by atoms with van der Waals surface area (Å²) in [5.74, 6) is 2.52. The van der Waals surface area contributed by atoms with Crippen molar-refractivity contribution in [3.63, 3.8) is 0 Å². The molecule has 1 saturated heterocycles. The average Bonchev–Trinajstić information content (AvgIpc) is 3.45. The molecule has 1 aromatic rings. The maximum absolute atomic E-state index is 12.3. The third-order valence-electron chi connectivity index (χ3n) is 5.37. The van der Waals surface area contributed by atoms with Crippen LogP contribution in [0.15, 0.2) is 24.3 Å². The molecule has 2 aliphatic rings. The second-order valence-corrected chi connectivity index (χ2v) is 7.83. The molecular weight excluding hydrogens is 312 g/mol. The summed E-state index contributed by atoms with van der Waals surface area (Å²) >= 11 is 0. The number of nitrogens with zero attached hydrogens (tertiary/aromatic N) is 1. The summed E-state index contributed by atoms with van der Waals surface area (Å²) in [5, 5.41) is 3.66. The highest BCUT2D eigenvalue weighted by Crippen LogP contribution is 2.28. The molecule has 138 valence electrons. The van der Waals surface area contributed by atoms with Crippen molar-refractivity contribution in [2.75, 3.05) is 26.2 Å². The lowest BCUT2D eigenvalue weighted by Crippen LogP contribution is -2.45. The number of ether oxygens (including phenoxy) is 1. The van der Waals surface area contributed by atoms with Crippen molar-refractivity contribution < 1.29 is 9.53 Å². The van der Waals surface area contributed by atoms with Gasteiger partial charge in [-0.3, -0.25) is 4.79 Å². The summed E-state index contributed by atoms with van der Waals surface area (Å²) in [4.78, 5) is 14.3. The number of likely N-dealkylation sites (tertiary alicyclic amines) is 1. The van der Waals surface area contributed by atoms with Crippen LogP contribution >= 0.6 is 0 Å². The molecule has 0 unspecified atom stereocenters. The van der Waals surface area contributed by atoms with Crippen LogP contribution in [0.3, 0.4) is 0 Å². The highest BCUT2D eigenvalue weighted by molar-refractivity contribution is 5.76. The van der Waals surface area contributed by atoms with E-state index in [1.165, 1.54) is 24.9 Å². The zero-order valence-corrected chi connectivity index (χ0v) is 15.7. The van der Waals surface area contributed by atoms with Crippen molar-refractivity contribution in [1.29, 1.82) is 0 Å². The van der Waals surface area contributed by atoms with Crippen molar-refractivity contribution in [1.82, 2.24) is 10.2 Å². The van der Waals surface area contributed by atoms with Crippen molar-refractivity contribution in [2.45, 2.75) is 57.9 Å². The Labute approximate surface area is 151 Å². The number of carbonyl (C=O) groups is 1. The Kier molecular flexibility index (Phi) is 6.35. The molecular formula is C21H32N2O2. The minimum Gasteiger partial charge on any atom is -0.493 e. The molecule has 1 amide bonds. The van der Waals surface area contributed by atoms with E-state index < -0.39 is 0 Å². The zero-order chi connectivity index (χ0) is 17.6. The maximum atomic E-state index is 12.3. The molecule has 0 radical (unpaired) electrons. The standard InChI is InChI=1S/C21H32N2O2/c1-16(2)18-5-7-20(8-6-18)25-14-11-21(24)23-12-9-19(10-13-23)22-15-17-3-4-17/h5-8,16-17,19,22H,3-4,9-15H2,1-2H3. The first-order chi connectivity index (χ1) is 12.1. The van der Waals surface area contributed by atoms with Gasteiger partial charge in [0.2, 0.25) is 5.91 Å². The molecule has 3 rings (SSSR count). The maximum Gasteiger partial charge on any atom is 0.225 e. The molecule has 0 aromatic heterocycles. The van der Waals surface area contributed by atoms with Gasteiger partial charge in [-0.05, 0) is 61.8 Å². The van der Waals surface area contributed by atoms with Gasteiger partial charge >= 0.3 is 0 Å². The predicted molar refractivity (Wildman–Crippen MR) is 101 cm³/mol. The van der Waals surface area contributed by atoms with Crippen molar-refractivity contribution in [3.05, 3.63) is 29.8 Å². The van der Waals surface area contributed by atoms with Gasteiger partial charge < -0.3 is 15.0 Å². The van der Waals surface area contributed by atoms with Crippen LogP contribution in [0.1, 0.15) is 57.4 Å². The van der Waals surface area contributed by atoms with E-state index in [0.717, 1.165) is 37.6 Å². The van der Waals surface area contributed by atoms with Crippen LogP contribution in [0.5, 0.6) is 5.75 Å². The lowest BCUT2D eigenvalue weighted by atomic mass is 10.0. The van der Waals surface area contributed by atoms with Gasteiger partial charge in [0.15, 0.2) is 0 Å². The van der Waals surface area contributed by atoms with E-state index in [1.54, 1.807) is 0 Å². The van der Waals surface area contributed by atoms with E-state index in [4.69, 9.17) is 4.74 Å². The molecule has 4 nitrogen and oxygen atoms in total. The Hall–Kier alpha value is -1.55. The number of hydrogen-bond donors (Lipinski definition) is 1. The molecule has 1 heterocycles. The number of amides is 1. The Balaban J connectivity index is 1.32. The van der Waals surface area contributed by atoms with Crippen molar-refractivity contribution in [2.24, 2.45) is 5.92 Å². The van der Waals surface area contributed by atoms with Crippen LogP contribution in [-0.2, 0) is 4.79 Å². The molecule has 0 atom stereocenters. The topological polar surface area (TPSA) is 41.6 Å². The first-order valence-corrected chi connectivity index (χ1v) is 9.85. The number of hydrogen-bond acceptors (Lipinski definition) is 3. The van der Waals surface area contributed by atoms with E-state index in [9.17, 15) is 4.79 Å². The van der Waals surface area contributed by atoms with Crippen LogP contribution in [-0.4, -0.2) is 43.1 Å². The van der Waals surface area contributed by atoms with Gasteiger partial charge in [0.25, 0.3) is 0 Å². The van der Waals surface area contributed by atoms with Gasteiger partial charge in [0.05, 0.1) is 13.0 Å². The van der Waals surface area contributed by atoms with Gasteiger partial charge in [-0.25, -0.2) is 0 Å². The molecule has 1 saturated carbocycles. The minimum atomic E-state index is 0.222. The highest BCUT2D eigenvalue weighted by atomic mass is 16.5. The Morgan fingerprint density at radius 2 is 1.84 bits per heavy atom. The number of carbonyl (C=O) groups excluding carboxylic acids is 1. The van der Waals surface area contributed by atoms with E-state index in [2.05, 4.69) is 31.3 Å². The van der Waals surface area contributed by atoms with Crippen LogP contribution in [0.25, 0.3) is 0 Å². The fraction of sp³-hybridized carbons (Fsp3) is 0.667. The molecule has 2 fully saturated rings. The van der Waals surface area contributed by atoms with Gasteiger partial charge in [-0.2, -0.15) is 0 Å². The summed E-state index contributed by atoms with van der Waals surface area (Å²) < 4.78 is 5.74. The van der Waals surface area contributed by atoms with Gasteiger partial charge in [0.1, 0.15) is 5.75 Å². The highest BCUT2D eigenvalue weighted by Gasteiger charge is 2.25. The van der Waals surface area contributed by atoms with Gasteiger partial charge in [-0.15, -0.1) is 0 Å². The monoisotopic (exact) mass is 344 g/mol. The largest absolute Gasteiger partial charge is 0.493 e. The fourth-order valence-corrected chi connectivity index (χ4v) is 3.35. The summed E-state index contributed by atoms with van der Waals surface area (Å²) in [6.45, 7) is 7.74. The number of piperidine rings is 1. The van der Waals surface area contributed by atoms with Crippen molar-refractivity contribution in [3.8, 4) is 5.75 Å². The lowest BCUT2D eigenvalue weighted by molar-refractivity contribution is -0.132. The lowest BCUT2D eigenvalue weighted by Gasteiger charge is -2.32. The van der Waals surface area contributed by atoms with Crippen LogP contribution < -0.4 is 10.1 Å². The number of rotatable bonds is 8. The normalized spacial score (nSPS) is 18.6. The Morgan fingerprint density at radius 3 is 2.44 bits per heavy atom. The summed E-state index contributed by atoms with van der Waals surface area (Å²) in [6.07, 6.45) is 5.41. The molecule has 25 heavy (non-hydrogen) atoms. The third-order valence-corrected chi connectivity index (χ3v) is 5.37. The second kappa shape index (κ2) is 8.70. The Morgan fingerprint density at radius 1 is 1.16 bits per heavy atom.